The van der Waals surface area contributed by atoms with Crippen LogP contribution in [0.5, 0.6) is 0 Å². The summed E-state index contributed by atoms with van der Waals surface area (Å²) in [5, 5.41) is 10.6. The summed E-state index contributed by atoms with van der Waals surface area (Å²) in [7, 11) is -3.26. The Bertz CT molecular complexity index is 846. The fourth-order valence-electron chi connectivity index (χ4n) is 3.90. The van der Waals surface area contributed by atoms with Gasteiger partial charge in [0.1, 0.15) is 0 Å². The van der Waals surface area contributed by atoms with Gasteiger partial charge in [-0.25, -0.2) is 13.4 Å². The van der Waals surface area contributed by atoms with E-state index in [1.807, 2.05) is 18.3 Å². The maximum atomic E-state index is 11.7. The second kappa shape index (κ2) is 5.15. The number of aromatic nitrogens is 2. The number of sulfonamides is 1. The fraction of sp³-hybridized carbons (Fsp3) is 0.438. The number of rotatable bonds is 2. The largest absolute Gasteiger partial charge is 0.391 e. The quantitative estimate of drug-likeness (QED) is 0.893. The van der Waals surface area contributed by atoms with Crippen LogP contribution in [0.1, 0.15) is 18.0 Å². The van der Waals surface area contributed by atoms with Crippen molar-refractivity contribution in [1.82, 2.24) is 13.9 Å². The molecule has 0 aliphatic carbocycles. The Balaban J connectivity index is 1.70. The summed E-state index contributed by atoms with van der Waals surface area (Å²) in [5.41, 5.74) is 3.39. The van der Waals surface area contributed by atoms with E-state index in [-0.39, 0.29) is 18.5 Å². The summed E-state index contributed by atoms with van der Waals surface area (Å²) in [4.78, 5) is 4.24. The molecule has 3 atom stereocenters. The zero-order chi connectivity index (χ0) is 16.2. The number of imidazole rings is 1. The summed E-state index contributed by atoms with van der Waals surface area (Å²) in [6.45, 7) is 0.607. The molecular formula is C16H19N3O3S. The van der Waals surface area contributed by atoms with E-state index in [1.54, 1.807) is 6.33 Å². The lowest BCUT2D eigenvalue weighted by atomic mass is 9.84. The van der Waals surface area contributed by atoms with E-state index in [4.69, 9.17) is 0 Å². The van der Waals surface area contributed by atoms with Gasteiger partial charge < -0.3 is 9.67 Å². The highest BCUT2D eigenvalue weighted by Gasteiger charge is 2.41. The number of hydrogen-bond acceptors (Lipinski definition) is 4. The van der Waals surface area contributed by atoms with Crippen LogP contribution in [0.4, 0.5) is 0 Å². The Morgan fingerprint density at radius 1 is 1.30 bits per heavy atom. The summed E-state index contributed by atoms with van der Waals surface area (Å²) < 4.78 is 26.9. The molecule has 1 fully saturated rings. The van der Waals surface area contributed by atoms with Crippen molar-refractivity contribution in [2.24, 2.45) is 5.92 Å². The first kappa shape index (κ1) is 14.9. The van der Waals surface area contributed by atoms with Crippen molar-refractivity contribution in [3.05, 3.63) is 42.4 Å². The zero-order valence-electron chi connectivity index (χ0n) is 12.8. The second-order valence-electron chi connectivity index (χ2n) is 6.36. The van der Waals surface area contributed by atoms with Gasteiger partial charge in [-0.3, -0.25) is 0 Å². The number of nitrogens with zero attached hydrogens (tertiary/aromatic N) is 3. The Kier molecular flexibility index (Phi) is 3.33. The first-order valence-corrected chi connectivity index (χ1v) is 9.56. The van der Waals surface area contributed by atoms with E-state index in [9.17, 15) is 13.5 Å². The summed E-state index contributed by atoms with van der Waals surface area (Å²) in [5.74, 6) is -0.0235. The lowest BCUT2D eigenvalue weighted by molar-refractivity contribution is 0.0345. The van der Waals surface area contributed by atoms with Crippen LogP contribution in [0.3, 0.4) is 0 Å². The molecule has 4 rings (SSSR count). The highest BCUT2D eigenvalue weighted by molar-refractivity contribution is 7.88. The number of piperidine rings is 1. The number of fused-ring (bicyclic) bond motifs is 3. The molecule has 0 radical (unpaired) electrons. The highest BCUT2D eigenvalue weighted by Crippen LogP contribution is 2.45. The van der Waals surface area contributed by atoms with Crippen molar-refractivity contribution >= 4 is 10.0 Å². The number of aliphatic hydroxyl groups is 1. The van der Waals surface area contributed by atoms with Crippen molar-refractivity contribution in [3.63, 3.8) is 0 Å². The maximum Gasteiger partial charge on any atom is 0.211 e. The van der Waals surface area contributed by atoms with Crippen LogP contribution in [-0.2, 0) is 10.0 Å². The molecule has 3 heterocycles. The van der Waals surface area contributed by atoms with Crippen LogP contribution in [-0.4, -0.2) is 52.8 Å². The molecule has 0 saturated carbocycles. The number of aliphatic hydroxyl groups excluding tert-OH is 1. The van der Waals surface area contributed by atoms with Gasteiger partial charge in [-0.2, -0.15) is 4.31 Å². The molecule has 122 valence electrons. The van der Waals surface area contributed by atoms with Gasteiger partial charge in [0.2, 0.25) is 10.0 Å². The molecule has 2 aliphatic heterocycles. The minimum absolute atomic E-state index is 0.0143. The van der Waals surface area contributed by atoms with Crippen LogP contribution in [0.2, 0.25) is 0 Å². The van der Waals surface area contributed by atoms with Crippen molar-refractivity contribution in [2.75, 3.05) is 19.3 Å². The third kappa shape index (κ3) is 2.31. The van der Waals surface area contributed by atoms with Gasteiger partial charge in [-0.1, -0.05) is 24.3 Å². The van der Waals surface area contributed by atoms with E-state index < -0.39 is 16.1 Å². The van der Waals surface area contributed by atoms with Gasteiger partial charge in [0, 0.05) is 24.6 Å². The molecule has 1 saturated heterocycles. The molecular weight excluding hydrogens is 314 g/mol. The van der Waals surface area contributed by atoms with Crippen molar-refractivity contribution in [2.45, 2.75) is 18.6 Å². The minimum Gasteiger partial charge on any atom is -0.391 e. The van der Waals surface area contributed by atoms with Crippen LogP contribution in [0, 0.1) is 5.92 Å². The van der Waals surface area contributed by atoms with Crippen molar-refractivity contribution in [1.29, 1.82) is 0 Å². The normalized spacial score (nSPS) is 27.7. The standard InChI is InChI=1S/C16H19N3O3S/c1-23(21,22)18-7-6-13(15(20)9-18)16-12-5-3-2-4-11(12)14-8-17-10-19(14)16/h2-5,8,10,13,15-16,20H,6-7,9H2,1H3. The summed E-state index contributed by atoms with van der Waals surface area (Å²) in [6.07, 6.45) is 4.78. The van der Waals surface area contributed by atoms with E-state index in [0.29, 0.717) is 13.0 Å². The minimum atomic E-state index is -3.26. The van der Waals surface area contributed by atoms with E-state index in [2.05, 4.69) is 21.7 Å². The molecule has 2 aromatic rings. The Hall–Kier alpha value is -1.70. The first-order valence-electron chi connectivity index (χ1n) is 7.71. The number of benzene rings is 1. The van der Waals surface area contributed by atoms with Crippen LogP contribution in [0.25, 0.3) is 11.3 Å². The van der Waals surface area contributed by atoms with Crippen LogP contribution < -0.4 is 0 Å². The smallest absolute Gasteiger partial charge is 0.211 e. The lowest BCUT2D eigenvalue weighted by Crippen LogP contribution is -2.48. The predicted octanol–water partition coefficient (Wildman–Crippen LogP) is 1.10. The second-order valence-corrected chi connectivity index (χ2v) is 8.34. The zero-order valence-corrected chi connectivity index (χ0v) is 13.6. The molecule has 7 heteroatoms. The Morgan fingerprint density at radius 3 is 2.83 bits per heavy atom. The fourth-order valence-corrected chi connectivity index (χ4v) is 4.76. The lowest BCUT2D eigenvalue weighted by Gasteiger charge is -2.38. The van der Waals surface area contributed by atoms with Gasteiger partial charge >= 0.3 is 0 Å². The van der Waals surface area contributed by atoms with Gasteiger partial charge in [-0.15, -0.1) is 0 Å². The van der Waals surface area contributed by atoms with E-state index in [0.717, 1.165) is 11.3 Å². The monoisotopic (exact) mass is 333 g/mol. The van der Waals surface area contributed by atoms with E-state index in [1.165, 1.54) is 16.1 Å². The molecule has 6 nitrogen and oxygen atoms in total. The predicted molar refractivity (Wildman–Crippen MR) is 86.3 cm³/mol. The van der Waals surface area contributed by atoms with Crippen molar-refractivity contribution in [3.8, 4) is 11.3 Å². The van der Waals surface area contributed by atoms with Gasteiger partial charge in [0.05, 0.1) is 36.6 Å². The molecule has 1 N–H and O–H groups in total. The SMILES string of the molecule is CS(=O)(=O)N1CCC(C2c3ccccc3-c3cncn32)C(O)C1. The average Bonchev–Trinajstić information content (AvgIpc) is 3.07. The molecule has 23 heavy (non-hydrogen) atoms. The summed E-state index contributed by atoms with van der Waals surface area (Å²) >= 11 is 0. The topological polar surface area (TPSA) is 75.4 Å². The summed E-state index contributed by atoms with van der Waals surface area (Å²) in [6, 6.07) is 8.18. The Labute approximate surface area is 135 Å². The van der Waals surface area contributed by atoms with Gasteiger partial charge in [-0.05, 0) is 12.0 Å². The molecule has 0 spiro atoms. The Morgan fingerprint density at radius 2 is 2.09 bits per heavy atom. The van der Waals surface area contributed by atoms with Crippen molar-refractivity contribution < 1.29 is 13.5 Å². The third-order valence-electron chi connectivity index (χ3n) is 4.99. The molecule has 3 unspecified atom stereocenters. The highest BCUT2D eigenvalue weighted by atomic mass is 32.2. The third-order valence-corrected chi connectivity index (χ3v) is 6.26. The number of β-amino-alcohol motifs (C(OH)–C–C–N with tert-alkyl or cyclic N) is 1. The number of hydrogen-bond donors (Lipinski definition) is 1. The van der Waals surface area contributed by atoms with Crippen LogP contribution >= 0.6 is 0 Å². The van der Waals surface area contributed by atoms with Crippen LogP contribution in [0.15, 0.2) is 36.8 Å². The molecule has 1 aromatic heterocycles. The maximum absolute atomic E-state index is 11.7. The molecule has 0 amide bonds. The molecule has 0 bridgehead atoms. The molecule has 1 aromatic carbocycles. The van der Waals surface area contributed by atoms with E-state index >= 15 is 0 Å². The average molecular weight is 333 g/mol. The van der Waals surface area contributed by atoms with Gasteiger partial charge in [0.15, 0.2) is 0 Å². The van der Waals surface area contributed by atoms with Gasteiger partial charge in [0.25, 0.3) is 0 Å². The first-order chi connectivity index (χ1) is 11.0. The molecule has 2 aliphatic rings.